The highest BCUT2D eigenvalue weighted by Gasteiger charge is 2.19. The van der Waals surface area contributed by atoms with Crippen molar-refractivity contribution in [2.75, 3.05) is 39.9 Å². The summed E-state index contributed by atoms with van der Waals surface area (Å²) in [4.78, 5) is 0. The predicted molar refractivity (Wildman–Crippen MR) is 105 cm³/mol. The number of unbranched alkanes of at least 4 members (excludes halogenated alkanes) is 13. The molecule has 0 spiro atoms. The SMILES string of the molecule is CCCCCCCCCCCCCCCC[N+](C)(CCO)CCO.[Cl-]. The van der Waals surface area contributed by atoms with E-state index in [0.717, 1.165) is 24.1 Å². The molecule has 0 aromatic heterocycles. The molecule has 0 rings (SSSR count). The van der Waals surface area contributed by atoms with Crippen LogP contribution in [0.4, 0.5) is 0 Å². The van der Waals surface area contributed by atoms with Gasteiger partial charge in [0.25, 0.3) is 0 Å². The molecule has 3 nitrogen and oxygen atoms in total. The lowest BCUT2D eigenvalue weighted by Crippen LogP contribution is -3.00. The van der Waals surface area contributed by atoms with Crippen LogP contribution in [0.2, 0.25) is 0 Å². The molecule has 0 aliphatic carbocycles. The first kappa shape index (κ1) is 27.4. The van der Waals surface area contributed by atoms with Crippen LogP contribution in [0.1, 0.15) is 96.8 Å². The number of halogens is 1. The lowest BCUT2D eigenvalue weighted by Gasteiger charge is -2.33. The summed E-state index contributed by atoms with van der Waals surface area (Å²) in [5, 5.41) is 18.3. The summed E-state index contributed by atoms with van der Waals surface area (Å²) < 4.78 is 0.811. The van der Waals surface area contributed by atoms with Gasteiger partial charge in [0.15, 0.2) is 0 Å². The summed E-state index contributed by atoms with van der Waals surface area (Å²) in [6, 6.07) is 0. The van der Waals surface area contributed by atoms with Gasteiger partial charge in [0.05, 0.1) is 26.8 Å². The number of hydrogen-bond acceptors (Lipinski definition) is 2. The van der Waals surface area contributed by atoms with E-state index in [1.54, 1.807) is 0 Å². The fraction of sp³-hybridized carbons (Fsp3) is 1.00. The van der Waals surface area contributed by atoms with Crippen molar-refractivity contribution in [3.8, 4) is 0 Å². The van der Waals surface area contributed by atoms with Crippen LogP contribution in [-0.4, -0.2) is 54.6 Å². The van der Waals surface area contributed by atoms with Gasteiger partial charge in [-0.25, -0.2) is 0 Å². The summed E-state index contributed by atoms with van der Waals surface area (Å²) in [6.45, 7) is 5.32. The molecule has 154 valence electrons. The highest BCUT2D eigenvalue weighted by Crippen LogP contribution is 2.13. The fourth-order valence-corrected chi connectivity index (χ4v) is 3.51. The number of nitrogens with zero attached hydrogens (tertiary/aromatic N) is 1. The van der Waals surface area contributed by atoms with Gasteiger partial charge in [-0.15, -0.1) is 0 Å². The van der Waals surface area contributed by atoms with E-state index in [-0.39, 0.29) is 25.6 Å². The highest BCUT2D eigenvalue weighted by molar-refractivity contribution is 4.50. The van der Waals surface area contributed by atoms with Gasteiger partial charge >= 0.3 is 0 Å². The molecular weight excluding hydrogens is 334 g/mol. The molecule has 0 atom stereocenters. The van der Waals surface area contributed by atoms with Gasteiger partial charge in [-0.05, 0) is 12.8 Å². The average Bonchev–Trinajstić information content (AvgIpc) is 2.55. The van der Waals surface area contributed by atoms with Crippen molar-refractivity contribution in [2.24, 2.45) is 0 Å². The van der Waals surface area contributed by atoms with Crippen molar-refractivity contribution in [3.05, 3.63) is 0 Å². The maximum atomic E-state index is 9.15. The Morgan fingerprint density at radius 2 is 0.840 bits per heavy atom. The van der Waals surface area contributed by atoms with E-state index >= 15 is 0 Å². The molecule has 4 heteroatoms. The Bertz CT molecular complexity index is 246. The van der Waals surface area contributed by atoms with Gasteiger partial charge in [-0.3, -0.25) is 0 Å². The summed E-state index contributed by atoms with van der Waals surface area (Å²) in [6.07, 6.45) is 19.4. The van der Waals surface area contributed by atoms with Gasteiger partial charge < -0.3 is 27.1 Å². The number of hydrogen-bond donors (Lipinski definition) is 2. The van der Waals surface area contributed by atoms with Gasteiger partial charge in [-0.1, -0.05) is 84.0 Å². The molecule has 0 radical (unpaired) electrons. The predicted octanol–water partition coefficient (Wildman–Crippen LogP) is 1.90. The molecule has 0 saturated heterocycles. The molecule has 0 fully saturated rings. The summed E-state index contributed by atoms with van der Waals surface area (Å²) in [5.74, 6) is 0. The number of quaternary nitrogens is 1. The number of rotatable bonds is 19. The van der Waals surface area contributed by atoms with Crippen LogP contribution in [0.25, 0.3) is 0 Å². The van der Waals surface area contributed by atoms with E-state index in [9.17, 15) is 0 Å². The van der Waals surface area contributed by atoms with Crippen LogP contribution >= 0.6 is 0 Å². The number of aliphatic hydroxyl groups is 2. The quantitative estimate of drug-likeness (QED) is 0.266. The smallest absolute Gasteiger partial charge is 0.102 e. The maximum absolute atomic E-state index is 9.15. The lowest BCUT2D eigenvalue weighted by atomic mass is 10.0. The Morgan fingerprint density at radius 3 is 1.16 bits per heavy atom. The third-order valence-corrected chi connectivity index (χ3v) is 5.33. The molecule has 0 heterocycles. The van der Waals surface area contributed by atoms with Crippen molar-refractivity contribution in [1.29, 1.82) is 0 Å². The Labute approximate surface area is 164 Å². The molecule has 0 aromatic carbocycles. The summed E-state index contributed by atoms with van der Waals surface area (Å²) in [7, 11) is 2.15. The monoisotopic (exact) mass is 379 g/mol. The van der Waals surface area contributed by atoms with Crippen LogP contribution in [0.15, 0.2) is 0 Å². The zero-order valence-corrected chi connectivity index (χ0v) is 17.9. The molecule has 0 aliphatic heterocycles. The molecule has 25 heavy (non-hydrogen) atoms. The molecule has 0 bridgehead atoms. The number of aliphatic hydroxyl groups excluding tert-OH is 2. The first-order valence-corrected chi connectivity index (χ1v) is 10.7. The molecule has 0 amide bonds. The van der Waals surface area contributed by atoms with E-state index in [2.05, 4.69) is 14.0 Å². The Balaban J connectivity index is 0. The zero-order valence-electron chi connectivity index (χ0n) is 17.2. The Kier molecular flexibility index (Phi) is 22.4. The van der Waals surface area contributed by atoms with E-state index in [4.69, 9.17) is 10.2 Å². The van der Waals surface area contributed by atoms with E-state index in [1.807, 2.05) is 0 Å². The van der Waals surface area contributed by atoms with Gasteiger partial charge in [-0.2, -0.15) is 0 Å². The molecule has 0 aromatic rings. The van der Waals surface area contributed by atoms with Crippen molar-refractivity contribution >= 4 is 0 Å². The fourth-order valence-electron chi connectivity index (χ4n) is 3.51. The Morgan fingerprint density at radius 1 is 0.520 bits per heavy atom. The van der Waals surface area contributed by atoms with E-state index < -0.39 is 0 Å². The molecule has 0 saturated carbocycles. The van der Waals surface area contributed by atoms with Crippen LogP contribution in [0.5, 0.6) is 0 Å². The second-order valence-corrected chi connectivity index (χ2v) is 7.83. The zero-order chi connectivity index (χ0) is 17.9. The maximum Gasteiger partial charge on any atom is 0.102 e. The third-order valence-electron chi connectivity index (χ3n) is 5.33. The van der Waals surface area contributed by atoms with Crippen molar-refractivity contribution in [3.63, 3.8) is 0 Å². The van der Waals surface area contributed by atoms with Crippen LogP contribution < -0.4 is 12.4 Å². The van der Waals surface area contributed by atoms with Crippen LogP contribution in [0.3, 0.4) is 0 Å². The second kappa shape index (κ2) is 20.5. The Hall–Kier alpha value is 0.170. The molecule has 0 unspecified atom stereocenters. The molecule has 2 N–H and O–H groups in total. The highest BCUT2D eigenvalue weighted by atomic mass is 35.5. The first-order chi connectivity index (χ1) is 11.7. The van der Waals surface area contributed by atoms with E-state index in [1.165, 1.54) is 89.9 Å². The summed E-state index contributed by atoms with van der Waals surface area (Å²) in [5.41, 5.74) is 0. The standard InChI is InChI=1S/C21H46NO2.ClH/c1-3-4-5-6-7-8-9-10-11-12-13-14-15-16-17-22(2,18-20-23)19-21-24;/h23-24H,3-21H2,1-2H3;1H/q+1;/p-1. The minimum Gasteiger partial charge on any atom is -1.00 e. The van der Waals surface area contributed by atoms with E-state index in [0.29, 0.717) is 0 Å². The molecule has 0 aliphatic rings. The van der Waals surface area contributed by atoms with Gasteiger partial charge in [0.2, 0.25) is 0 Å². The third kappa shape index (κ3) is 18.8. The average molecular weight is 380 g/mol. The summed E-state index contributed by atoms with van der Waals surface area (Å²) >= 11 is 0. The number of likely N-dealkylation sites (N-methyl/N-ethyl adjacent to an activating group) is 1. The van der Waals surface area contributed by atoms with Crippen molar-refractivity contribution < 1.29 is 27.1 Å². The van der Waals surface area contributed by atoms with Gasteiger partial charge in [0.1, 0.15) is 13.1 Å². The second-order valence-electron chi connectivity index (χ2n) is 7.83. The molecular formula is C21H46ClNO2. The van der Waals surface area contributed by atoms with Gasteiger partial charge in [0, 0.05) is 0 Å². The normalized spacial score (nSPS) is 11.5. The minimum atomic E-state index is 0. The van der Waals surface area contributed by atoms with Crippen LogP contribution in [0, 0.1) is 0 Å². The first-order valence-electron chi connectivity index (χ1n) is 10.7. The largest absolute Gasteiger partial charge is 1.00 e. The van der Waals surface area contributed by atoms with Crippen LogP contribution in [-0.2, 0) is 0 Å². The lowest BCUT2D eigenvalue weighted by molar-refractivity contribution is -0.910. The topological polar surface area (TPSA) is 40.5 Å². The minimum absolute atomic E-state index is 0. The van der Waals surface area contributed by atoms with Crippen molar-refractivity contribution in [1.82, 2.24) is 0 Å². The van der Waals surface area contributed by atoms with Crippen molar-refractivity contribution in [2.45, 2.75) is 96.8 Å².